The van der Waals surface area contributed by atoms with E-state index in [2.05, 4.69) is 16.9 Å². The Bertz CT molecular complexity index is 46.9. The van der Waals surface area contributed by atoms with Gasteiger partial charge in [-0.3, -0.25) is 0 Å². The van der Waals surface area contributed by atoms with Gasteiger partial charge in [0, 0.05) is 6.72 Å². The molecule has 0 aromatic carbocycles. The zero-order valence-corrected chi connectivity index (χ0v) is 2.76. The zero-order valence-electron chi connectivity index (χ0n) is 2.76. The highest BCUT2D eigenvalue weighted by atomic mass is 15.2. The molecule has 0 saturated carbocycles. The van der Waals surface area contributed by atoms with E-state index in [1.165, 1.54) is 0 Å². The van der Waals surface area contributed by atoms with Crippen molar-refractivity contribution in [1.82, 2.24) is 0 Å². The monoisotopic (exact) mass is 71.0 g/mol. The van der Waals surface area contributed by atoms with Crippen molar-refractivity contribution in [2.24, 2.45) is 15.9 Å². The first-order valence-electron chi connectivity index (χ1n) is 1.11. The van der Waals surface area contributed by atoms with Gasteiger partial charge in [-0.05, 0) is 0 Å². The molecule has 3 heteroatoms. The van der Waals surface area contributed by atoms with Crippen LogP contribution in [0.1, 0.15) is 0 Å². The van der Waals surface area contributed by atoms with Crippen LogP contribution in [0.2, 0.25) is 0 Å². The summed E-state index contributed by atoms with van der Waals surface area (Å²) < 4.78 is 0. The van der Waals surface area contributed by atoms with Gasteiger partial charge >= 0.3 is 0 Å². The second kappa shape index (κ2) is 3.14. The molecule has 0 spiro atoms. The van der Waals surface area contributed by atoms with Crippen molar-refractivity contribution in [3.05, 3.63) is 0 Å². The minimum atomic E-state index is 1.08. The molecule has 0 fully saturated rings. The maximum absolute atomic E-state index is 4.71. The third kappa shape index (κ3) is 3.14. The van der Waals surface area contributed by atoms with Crippen LogP contribution in [0, 0.1) is 0 Å². The smallest absolute Gasteiger partial charge is 0.108 e. The van der Waals surface area contributed by atoms with Crippen LogP contribution in [0.3, 0.4) is 0 Å². The number of hydrogen-bond acceptors (Lipinski definition) is 2. The molecular formula is C2H5N3. The van der Waals surface area contributed by atoms with Crippen LogP contribution in [-0.4, -0.2) is 13.1 Å². The highest BCUT2D eigenvalue weighted by Gasteiger charge is 1.39. The minimum Gasteiger partial charge on any atom is -0.388 e. The fourth-order valence-corrected chi connectivity index (χ4v) is 0.0471. The molecule has 0 aromatic heterocycles. The largest absolute Gasteiger partial charge is 0.388 e. The molecule has 28 valence electrons. The van der Waals surface area contributed by atoms with E-state index in [9.17, 15) is 0 Å². The van der Waals surface area contributed by atoms with Gasteiger partial charge in [0.05, 0.1) is 0 Å². The molecule has 0 rings (SSSR count). The molecule has 0 saturated heterocycles. The Morgan fingerprint density at radius 1 is 1.80 bits per heavy atom. The molecule has 5 heavy (non-hydrogen) atoms. The molecule has 2 N–H and O–H groups in total. The van der Waals surface area contributed by atoms with Crippen molar-refractivity contribution in [2.75, 3.05) is 0 Å². The second-order valence-electron chi connectivity index (χ2n) is 0.406. The number of hydrogen-bond donors (Lipinski definition) is 1. The Kier molecular flexibility index (Phi) is 2.60. The SMILES string of the molecule is C=NN=CN. The van der Waals surface area contributed by atoms with Gasteiger partial charge in [-0.15, -0.1) is 5.10 Å². The van der Waals surface area contributed by atoms with Gasteiger partial charge in [0.25, 0.3) is 0 Å². The molecule has 0 aliphatic rings. The van der Waals surface area contributed by atoms with E-state index in [1.807, 2.05) is 0 Å². The van der Waals surface area contributed by atoms with Gasteiger partial charge in [0.1, 0.15) is 6.34 Å². The third-order valence-corrected chi connectivity index (χ3v) is 0.148. The predicted octanol–water partition coefficient (Wildman–Crippen LogP) is -0.411. The maximum atomic E-state index is 4.71. The molecule has 0 atom stereocenters. The molecule has 0 aromatic rings. The van der Waals surface area contributed by atoms with Gasteiger partial charge in [-0.2, -0.15) is 5.10 Å². The highest BCUT2D eigenvalue weighted by molar-refractivity contribution is 5.51. The van der Waals surface area contributed by atoms with Crippen LogP contribution >= 0.6 is 0 Å². The van der Waals surface area contributed by atoms with Crippen LogP contribution < -0.4 is 5.73 Å². The Morgan fingerprint density at radius 2 is 2.40 bits per heavy atom. The average Bonchev–Trinajstić information content (AvgIpc) is 1.41. The highest BCUT2D eigenvalue weighted by Crippen LogP contribution is 1.51. The lowest BCUT2D eigenvalue weighted by atomic mass is 11.4. The van der Waals surface area contributed by atoms with E-state index < -0.39 is 0 Å². The van der Waals surface area contributed by atoms with Gasteiger partial charge in [-0.1, -0.05) is 0 Å². The van der Waals surface area contributed by atoms with Crippen LogP contribution in [0.15, 0.2) is 10.2 Å². The summed E-state index contributed by atoms with van der Waals surface area (Å²) in [5.41, 5.74) is 4.71. The van der Waals surface area contributed by atoms with Crippen LogP contribution in [0.5, 0.6) is 0 Å². The van der Waals surface area contributed by atoms with Crippen molar-refractivity contribution in [1.29, 1.82) is 0 Å². The van der Waals surface area contributed by atoms with E-state index in [0.717, 1.165) is 6.34 Å². The lowest BCUT2D eigenvalue weighted by molar-refractivity contribution is 1.27. The summed E-state index contributed by atoms with van der Waals surface area (Å²) in [5, 5.41) is 6.19. The van der Waals surface area contributed by atoms with Crippen LogP contribution in [-0.2, 0) is 0 Å². The summed E-state index contributed by atoms with van der Waals surface area (Å²) in [6.45, 7) is 3.02. The quantitative estimate of drug-likeness (QED) is 0.255. The zero-order chi connectivity index (χ0) is 4.12. The fourth-order valence-electron chi connectivity index (χ4n) is 0.0471. The summed E-state index contributed by atoms with van der Waals surface area (Å²) in [4.78, 5) is 0. The average molecular weight is 71.1 g/mol. The van der Waals surface area contributed by atoms with Gasteiger partial charge in [0.15, 0.2) is 0 Å². The summed E-state index contributed by atoms with van der Waals surface area (Å²) in [5.74, 6) is 0. The van der Waals surface area contributed by atoms with Crippen molar-refractivity contribution in [2.45, 2.75) is 0 Å². The molecule has 0 aliphatic carbocycles. The van der Waals surface area contributed by atoms with E-state index in [-0.39, 0.29) is 0 Å². The van der Waals surface area contributed by atoms with Gasteiger partial charge < -0.3 is 5.73 Å². The van der Waals surface area contributed by atoms with Crippen LogP contribution in [0.25, 0.3) is 0 Å². The van der Waals surface area contributed by atoms with Crippen molar-refractivity contribution < 1.29 is 0 Å². The fraction of sp³-hybridized carbons (Fsp3) is 0. The summed E-state index contributed by atoms with van der Waals surface area (Å²) in [7, 11) is 0. The first-order valence-corrected chi connectivity index (χ1v) is 1.11. The molecule has 0 heterocycles. The van der Waals surface area contributed by atoms with Crippen LogP contribution in [0.4, 0.5) is 0 Å². The van der Waals surface area contributed by atoms with Crippen molar-refractivity contribution in [3.63, 3.8) is 0 Å². The lowest BCUT2D eigenvalue weighted by Gasteiger charge is -1.60. The van der Waals surface area contributed by atoms with E-state index in [1.54, 1.807) is 0 Å². The minimum absolute atomic E-state index is 1.08. The van der Waals surface area contributed by atoms with Gasteiger partial charge in [-0.25, -0.2) is 0 Å². The normalized spacial score (nSPS) is 8.80. The maximum Gasteiger partial charge on any atom is 0.108 e. The molecule has 0 radical (unpaired) electrons. The number of nitrogens with two attached hydrogens (primary N) is 1. The molecular weight excluding hydrogens is 66.0 g/mol. The number of nitrogens with zero attached hydrogens (tertiary/aromatic N) is 2. The first kappa shape index (κ1) is 4.14. The van der Waals surface area contributed by atoms with E-state index in [4.69, 9.17) is 5.73 Å². The first-order chi connectivity index (χ1) is 2.41. The third-order valence-electron chi connectivity index (χ3n) is 0.148. The van der Waals surface area contributed by atoms with Gasteiger partial charge in [0.2, 0.25) is 0 Å². The summed E-state index contributed by atoms with van der Waals surface area (Å²) >= 11 is 0. The Morgan fingerprint density at radius 3 is 2.40 bits per heavy atom. The predicted molar refractivity (Wildman–Crippen MR) is 22.2 cm³/mol. The second-order valence-corrected chi connectivity index (χ2v) is 0.406. The molecule has 0 amide bonds. The summed E-state index contributed by atoms with van der Waals surface area (Å²) in [6, 6.07) is 0. The molecule has 0 bridgehead atoms. The van der Waals surface area contributed by atoms with E-state index >= 15 is 0 Å². The molecule has 3 nitrogen and oxygen atoms in total. The number of rotatable bonds is 1. The molecule has 0 unspecified atom stereocenters. The Labute approximate surface area is 30.2 Å². The standard InChI is InChI=1S/C2H5N3/c1-4-5-2-3/h2H,1H2,(H2,3,5). The van der Waals surface area contributed by atoms with E-state index in [0.29, 0.717) is 0 Å². The Hall–Kier alpha value is -0.860. The molecule has 0 aliphatic heterocycles. The topological polar surface area (TPSA) is 50.7 Å². The lowest BCUT2D eigenvalue weighted by Crippen LogP contribution is -1.84. The Balaban J connectivity index is 2.92. The van der Waals surface area contributed by atoms with Crippen molar-refractivity contribution in [3.8, 4) is 0 Å². The summed E-state index contributed by atoms with van der Waals surface area (Å²) in [6.07, 6.45) is 1.08. The van der Waals surface area contributed by atoms with Crippen molar-refractivity contribution >= 4 is 13.1 Å².